The topological polar surface area (TPSA) is 42.2 Å². The van der Waals surface area contributed by atoms with Crippen molar-refractivity contribution in [3.63, 3.8) is 0 Å². The van der Waals surface area contributed by atoms with Gasteiger partial charge in [0, 0.05) is 11.3 Å². The summed E-state index contributed by atoms with van der Waals surface area (Å²) in [7, 11) is 0. The number of anilines is 1. The summed E-state index contributed by atoms with van der Waals surface area (Å²) in [5, 5.41) is 4.94. The molecule has 3 aromatic rings. The number of carbonyl (C=O) groups excluding carboxylic acids is 1. The third-order valence-electron chi connectivity index (χ3n) is 7.25. The maximum Gasteiger partial charge on any atom is 0.228 e. The Labute approximate surface area is 245 Å². The van der Waals surface area contributed by atoms with Gasteiger partial charge in [0.25, 0.3) is 0 Å². The van der Waals surface area contributed by atoms with Crippen molar-refractivity contribution in [2.45, 2.75) is 110 Å². The van der Waals surface area contributed by atoms with E-state index in [-0.39, 0.29) is 18.1 Å². The first-order chi connectivity index (χ1) is 19.6. The van der Waals surface area contributed by atoms with Crippen molar-refractivity contribution in [1.29, 1.82) is 0 Å². The summed E-state index contributed by atoms with van der Waals surface area (Å²) in [6.45, 7) is 3.59. The normalized spacial score (nSPS) is 11.1. The second kappa shape index (κ2) is 19.4. The number of aromatic nitrogens is 1. The molecular formula is C34H48FN2O2S+. The molecule has 0 aliphatic rings. The highest BCUT2D eigenvalue weighted by Crippen LogP contribution is 2.20. The van der Waals surface area contributed by atoms with E-state index in [2.05, 4.69) is 22.3 Å². The molecule has 3 rings (SSSR count). The number of ether oxygens (including phenoxy) is 1. The zero-order chi connectivity index (χ0) is 28.3. The number of thiazole rings is 1. The summed E-state index contributed by atoms with van der Waals surface area (Å²) in [6.07, 6.45) is 20.5. The summed E-state index contributed by atoms with van der Waals surface area (Å²) in [5.74, 6) is -0.320. The van der Waals surface area contributed by atoms with Crippen LogP contribution in [0.3, 0.4) is 0 Å². The summed E-state index contributed by atoms with van der Waals surface area (Å²) >= 11 is 1.66. The van der Waals surface area contributed by atoms with Crippen molar-refractivity contribution < 1.29 is 18.5 Å². The van der Waals surface area contributed by atoms with Crippen LogP contribution in [0, 0.1) is 5.82 Å². The maximum atomic E-state index is 14.6. The molecule has 40 heavy (non-hydrogen) atoms. The zero-order valence-electron chi connectivity index (χ0n) is 24.3. The first-order valence-corrected chi connectivity index (χ1v) is 16.3. The Morgan fingerprint density at radius 1 is 0.825 bits per heavy atom. The minimum absolute atomic E-state index is 0.114. The van der Waals surface area contributed by atoms with Crippen molar-refractivity contribution in [2.24, 2.45) is 0 Å². The van der Waals surface area contributed by atoms with Gasteiger partial charge in [0.2, 0.25) is 11.4 Å². The zero-order valence-corrected chi connectivity index (χ0v) is 25.2. The number of hydrogen-bond acceptors (Lipinski definition) is 3. The van der Waals surface area contributed by atoms with Gasteiger partial charge in [-0.1, -0.05) is 120 Å². The molecule has 0 aliphatic heterocycles. The van der Waals surface area contributed by atoms with Crippen LogP contribution in [0.2, 0.25) is 0 Å². The van der Waals surface area contributed by atoms with Gasteiger partial charge in [0.1, 0.15) is 0 Å². The SMILES string of the molecule is CCCCCCCCCCCCCCCCOc1ccc(CC(=O)Nc2ccc(C[n+]3ccsc3)cc2)cc1F. The van der Waals surface area contributed by atoms with Crippen LogP contribution in [0.25, 0.3) is 0 Å². The number of amides is 1. The lowest BCUT2D eigenvalue weighted by Gasteiger charge is -2.10. The average molecular weight is 568 g/mol. The number of carbonyl (C=O) groups is 1. The van der Waals surface area contributed by atoms with Gasteiger partial charge in [0.05, 0.1) is 18.4 Å². The standard InChI is InChI=1S/C34H47FN2O2S/c1-2-3-4-5-6-7-8-9-10-11-12-13-14-15-23-39-33-21-18-30(25-32(33)35)26-34(38)36-31-19-16-29(17-20-31)27-37-22-24-40-28-37/h16-22,24-25,28H,2-15,23,26-27H2,1H3/p+1. The lowest BCUT2D eigenvalue weighted by Crippen LogP contribution is -2.30. The molecular weight excluding hydrogens is 519 g/mol. The molecule has 6 heteroatoms. The molecule has 1 N–H and O–H groups in total. The third-order valence-corrected chi connectivity index (χ3v) is 7.92. The molecule has 4 nitrogen and oxygen atoms in total. The molecule has 2 aromatic carbocycles. The fourth-order valence-corrected chi connectivity index (χ4v) is 5.49. The molecule has 0 saturated carbocycles. The summed E-state index contributed by atoms with van der Waals surface area (Å²) < 4.78 is 22.3. The molecule has 0 bridgehead atoms. The lowest BCUT2D eigenvalue weighted by molar-refractivity contribution is -0.683. The molecule has 0 fully saturated rings. The van der Waals surface area contributed by atoms with E-state index in [0.29, 0.717) is 12.2 Å². The number of nitrogens with one attached hydrogen (secondary N) is 1. The van der Waals surface area contributed by atoms with Crippen LogP contribution >= 0.6 is 11.3 Å². The van der Waals surface area contributed by atoms with Crippen molar-refractivity contribution >= 4 is 22.9 Å². The van der Waals surface area contributed by atoms with E-state index in [1.165, 1.54) is 83.1 Å². The van der Waals surface area contributed by atoms with Gasteiger partial charge in [-0.15, -0.1) is 0 Å². The molecule has 1 heterocycles. The molecule has 0 unspecified atom stereocenters. The number of nitrogens with zero attached hydrogens (tertiary/aromatic N) is 1. The Kier molecular flexibility index (Phi) is 15.4. The monoisotopic (exact) mass is 567 g/mol. The fraction of sp³-hybridized carbons (Fsp3) is 0.529. The highest BCUT2D eigenvalue weighted by atomic mass is 32.1. The predicted molar refractivity (Wildman–Crippen MR) is 165 cm³/mol. The number of benzene rings is 2. The van der Waals surface area contributed by atoms with Crippen LogP contribution in [0.5, 0.6) is 5.75 Å². The highest BCUT2D eigenvalue weighted by molar-refractivity contribution is 7.07. The van der Waals surface area contributed by atoms with Gasteiger partial charge in [-0.2, -0.15) is 4.57 Å². The van der Waals surface area contributed by atoms with Crippen molar-refractivity contribution in [3.8, 4) is 5.75 Å². The molecule has 1 amide bonds. The number of unbranched alkanes of at least 4 members (excludes halogenated alkanes) is 13. The van der Waals surface area contributed by atoms with Crippen LogP contribution in [-0.4, -0.2) is 12.5 Å². The van der Waals surface area contributed by atoms with Crippen LogP contribution in [0.1, 0.15) is 108 Å². The van der Waals surface area contributed by atoms with Crippen LogP contribution in [0.4, 0.5) is 10.1 Å². The van der Waals surface area contributed by atoms with E-state index in [1.54, 1.807) is 23.5 Å². The van der Waals surface area contributed by atoms with Crippen molar-refractivity contribution in [3.05, 3.63) is 76.5 Å². The Balaban J connectivity index is 1.22. The fourth-order valence-electron chi connectivity index (χ4n) is 4.90. The second-order valence-electron chi connectivity index (χ2n) is 10.8. The molecule has 0 spiro atoms. The smallest absolute Gasteiger partial charge is 0.228 e. The predicted octanol–water partition coefficient (Wildman–Crippen LogP) is 9.26. The van der Waals surface area contributed by atoms with Crippen molar-refractivity contribution in [2.75, 3.05) is 11.9 Å². The van der Waals surface area contributed by atoms with E-state index in [0.717, 1.165) is 30.6 Å². The summed E-state index contributed by atoms with van der Waals surface area (Å²) in [5.41, 5.74) is 4.58. The van der Waals surface area contributed by atoms with Crippen molar-refractivity contribution in [1.82, 2.24) is 0 Å². The van der Waals surface area contributed by atoms with Gasteiger partial charge < -0.3 is 10.1 Å². The van der Waals surface area contributed by atoms with E-state index < -0.39 is 5.82 Å². The Bertz CT molecular complexity index is 1090. The minimum Gasteiger partial charge on any atom is -0.491 e. The van der Waals surface area contributed by atoms with Crippen LogP contribution in [-0.2, 0) is 17.8 Å². The van der Waals surface area contributed by atoms with E-state index in [1.807, 2.05) is 35.8 Å². The lowest BCUT2D eigenvalue weighted by atomic mass is 10.0. The summed E-state index contributed by atoms with van der Waals surface area (Å²) in [4.78, 5) is 12.5. The molecule has 0 aliphatic carbocycles. The Morgan fingerprint density at radius 3 is 2.00 bits per heavy atom. The quantitative estimate of drug-likeness (QED) is 0.103. The van der Waals surface area contributed by atoms with Gasteiger partial charge >= 0.3 is 0 Å². The van der Waals surface area contributed by atoms with Gasteiger partial charge in [0.15, 0.2) is 24.3 Å². The van der Waals surface area contributed by atoms with E-state index in [4.69, 9.17) is 4.74 Å². The van der Waals surface area contributed by atoms with Crippen LogP contribution in [0.15, 0.2) is 59.6 Å². The molecule has 0 radical (unpaired) electrons. The largest absolute Gasteiger partial charge is 0.491 e. The highest BCUT2D eigenvalue weighted by Gasteiger charge is 2.10. The average Bonchev–Trinajstić information content (AvgIpc) is 3.46. The third kappa shape index (κ3) is 13.1. The van der Waals surface area contributed by atoms with Gasteiger partial charge in [-0.25, -0.2) is 4.39 Å². The van der Waals surface area contributed by atoms with Crippen LogP contribution < -0.4 is 14.6 Å². The number of hydrogen-bond donors (Lipinski definition) is 1. The molecule has 0 saturated heterocycles. The molecule has 0 atom stereocenters. The number of halogens is 1. The number of rotatable bonds is 21. The minimum atomic E-state index is -0.411. The van der Waals surface area contributed by atoms with Gasteiger partial charge in [-0.05, 0) is 36.2 Å². The first kappa shape index (κ1) is 31.8. The first-order valence-electron chi connectivity index (χ1n) is 15.4. The molecule has 218 valence electrons. The maximum absolute atomic E-state index is 14.6. The Morgan fingerprint density at radius 2 is 1.43 bits per heavy atom. The second-order valence-corrected chi connectivity index (χ2v) is 11.6. The summed E-state index contributed by atoms with van der Waals surface area (Å²) in [6, 6.07) is 12.6. The van der Waals surface area contributed by atoms with E-state index in [9.17, 15) is 9.18 Å². The molecule has 1 aromatic heterocycles. The Hall–Kier alpha value is -2.73. The van der Waals surface area contributed by atoms with E-state index >= 15 is 0 Å². The van der Waals surface area contributed by atoms with Gasteiger partial charge in [-0.3, -0.25) is 4.79 Å².